The second-order valence-corrected chi connectivity index (χ2v) is 6.86. The Bertz CT molecular complexity index is 727. The average molecular weight is 371 g/mol. The number of hydrogen-bond acceptors (Lipinski definition) is 3. The Balaban J connectivity index is 1.72. The van der Waals surface area contributed by atoms with Gasteiger partial charge >= 0.3 is 0 Å². The van der Waals surface area contributed by atoms with E-state index in [2.05, 4.69) is 22.4 Å². The molecule has 0 saturated heterocycles. The van der Waals surface area contributed by atoms with E-state index in [0.29, 0.717) is 24.2 Å². The van der Waals surface area contributed by atoms with Crippen LogP contribution in [0.1, 0.15) is 31.9 Å². The standard InChI is InChI=1S/C21H26N2O2S/c1-2-24-20-13-7-6-12-19(20)22-21(26)23(16-18-11-8-14-25-18)15-17-9-4-3-5-10-17/h3-4,6-8,11-14,17H,2,5,9-10,15-16H2,1H3,(H,22,26). The van der Waals surface area contributed by atoms with Gasteiger partial charge in [0.1, 0.15) is 11.5 Å². The van der Waals surface area contributed by atoms with Crippen molar-refractivity contribution in [2.45, 2.75) is 32.7 Å². The largest absolute Gasteiger partial charge is 0.492 e. The van der Waals surface area contributed by atoms with Crippen molar-refractivity contribution in [2.75, 3.05) is 18.5 Å². The zero-order valence-electron chi connectivity index (χ0n) is 15.2. The predicted molar refractivity (Wildman–Crippen MR) is 109 cm³/mol. The van der Waals surface area contributed by atoms with Crippen LogP contribution in [0.4, 0.5) is 5.69 Å². The lowest BCUT2D eigenvalue weighted by Crippen LogP contribution is -2.38. The zero-order valence-corrected chi connectivity index (χ0v) is 16.0. The molecule has 3 rings (SSSR count). The summed E-state index contributed by atoms with van der Waals surface area (Å²) in [6.07, 6.45) is 9.70. The fourth-order valence-corrected chi connectivity index (χ4v) is 3.44. The van der Waals surface area contributed by atoms with Crippen LogP contribution < -0.4 is 10.1 Å². The fourth-order valence-electron chi connectivity index (χ4n) is 3.19. The van der Waals surface area contributed by atoms with E-state index < -0.39 is 0 Å². The van der Waals surface area contributed by atoms with Crippen molar-refractivity contribution in [3.05, 3.63) is 60.6 Å². The van der Waals surface area contributed by atoms with Crippen LogP contribution in [0, 0.1) is 5.92 Å². The van der Waals surface area contributed by atoms with Crippen LogP contribution in [0.3, 0.4) is 0 Å². The Hall–Kier alpha value is -2.27. The number of ether oxygens (including phenoxy) is 1. The van der Waals surface area contributed by atoms with E-state index in [-0.39, 0.29) is 0 Å². The quantitative estimate of drug-likeness (QED) is 0.533. The molecule has 138 valence electrons. The van der Waals surface area contributed by atoms with Crippen LogP contribution in [0.25, 0.3) is 0 Å². The summed E-state index contributed by atoms with van der Waals surface area (Å²) in [5, 5.41) is 4.07. The first-order chi connectivity index (χ1) is 12.8. The minimum Gasteiger partial charge on any atom is -0.492 e. The minimum absolute atomic E-state index is 0.608. The molecule has 1 atom stereocenters. The topological polar surface area (TPSA) is 37.6 Å². The van der Waals surface area contributed by atoms with Gasteiger partial charge in [0, 0.05) is 6.54 Å². The molecule has 0 bridgehead atoms. The van der Waals surface area contributed by atoms with Gasteiger partial charge < -0.3 is 19.4 Å². The summed E-state index contributed by atoms with van der Waals surface area (Å²) >= 11 is 5.74. The molecule has 0 spiro atoms. The number of anilines is 1. The van der Waals surface area contributed by atoms with Crippen molar-refractivity contribution in [2.24, 2.45) is 5.92 Å². The zero-order chi connectivity index (χ0) is 18.2. The summed E-state index contributed by atoms with van der Waals surface area (Å²) in [7, 11) is 0. The number of furan rings is 1. The van der Waals surface area contributed by atoms with Crippen molar-refractivity contribution in [1.29, 1.82) is 0 Å². The van der Waals surface area contributed by atoms with Crippen molar-refractivity contribution in [3.8, 4) is 5.75 Å². The summed E-state index contributed by atoms with van der Waals surface area (Å²) in [5.74, 6) is 2.34. The molecule has 5 heteroatoms. The molecule has 1 N–H and O–H groups in total. The van der Waals surface area contributed by atoms with E-state index in [4.69, 9.17) is 21.4 Å². The lowest BCUT2D eigenvalue weighted by atomic mass is 9.94. The van der Waals surface area contributed by atoms with Crippen LogP contribution in [-0.4, -0.2) is 23.2 Å². The maximum atomic E-state index is 5.74. The monoisotopic (exact) mass is 370 g/mol. The molecular formula is C21H26N2O2S. The lowest BCUT2D eigenvalue weighted by molar-refractivity contribution is 0.297. The molecule has 0 aliphatic heterocycles. The summed E-state index contributed by atoms with van der Waals surface area (Å²) in [4.78, 5) is 2.20. The molecule has 1 aliphatic carbocycles. The number of hydrogen-bond donors (Lipinski definition) is 1. The van der Waals surface area contributed by atoms with Crippen LogP contribution >= 0.6 is 12.2 Å². The third-order valence-corrected chi connectivity index (χ3v) is 4.86. The van der Waals surface area contributed by atoms with Crippen LogP contribution in [0.15, 0.2) is 59.2 Å². The number of allylic oxidation sites excluding steroid dienone is 2. The lowest BCUT2D eigenvalue weighted by Gasteiger charge is -2.30. The Kier molecular flexibility index (Phi) is 6.72. The van der Waals surface area contributed by atoms with Gasteiger partial charge in [0.25, 0.3) is 0 Å². The van der Waals surface area contributed by atoms with Crippen molar-refractivity contribution in [3.63, 3.8) is 0 Å². The molecule has 2 aromatic rings. The molecule has 0 amide bonds. The van der Waals surface area contributed by atoms with Crippen LogP contribution in [-0.2, 0) is 6.54 Å². The molecule has 0 radical (unpaired) electrons. The van der Waals surface area contributed by atoms with E-state index in [9.17, 15) is 0 Å². The number of nitrogens with one attached hydrogen (secondary N) is 1. The molecule has 1 aromatic heterocycles. The first-order valence-electron chi connectivity index (χ1n) is 9.21. The molecule has 1 heterocycles. The number of benzene rings is 1. The minimum atomic E-state index is 0.608. The molecule has 1 aromatic carbocycles. The SMILES string of the molecule is CCOc1ccccc1NC(=S)N(Cc1ccco1)CC1CC=CCC1. The highest BCUT2D eigenvalue weighted by Gasteiger charge is 2.19. The molecule has 26 heavy (non-hydrogen) atoms. The van der Waals surface area contributed by atoms with Gasteiger partial charge in [-0.1, -0.05) is 24.3 Å². The van der Waals surface area contributed by atoms with Crippen LogP contribution in [0.2, 0.25) is 0 Å². The smallest absolute Gasteiger partial charge is 0.173 e. The van der Waals surface area contributed by atoms with Gasteiger partial charge in [-0.3, -0.25) is 0 Å². The third-order valence-electron chi connectivity index (χ3n) is 4.50. The van der Waals surface area contributed by atoms with E-state index >= 15 is 0 Å². The second-order valence-electron chi connectivity index (χ2n) is 6.47. The normalized spacial score (nSPS) is 16.3. The highest BCUT2D eigenvalue weighted by molar-refractivity contribution is 7.80. The molecule has 4 nitrogen and oxygen atoms in total. The second kappa shape index (κ2) is 9.43. The summed E-state index contributed by atoms with van der Waals surface area (Å²) in [6.45, 7) is 4.18. The van der Waals surface area contributed by atoms with Crippen molar-refractivity contribution >= 4 is 23.0 Å². The Labute approximate surface area is 160 Å². The molecule has 0 fully saturated rings. The molecular weight excluding hydrogens is 344 g/mol. The van der Waals surface area contributed by atoms with Gasteiger partial charge in [0.15, 0.2) is 5.11 Å². The first kappa shape index (κ1) is 18.5. The number of nitrogens with zero attached hydrogens (tertiary/aromatic N) is 1. The van der Waals surface area contributed by atoms with E-state index in [1.165, 1.54) is 6.42 Å². The van der Waals surface area contributed by atoms with Gasteiger partial charge in [0.05, 0.1) is 25.1 Å². The van der Waals surface area contributed by atoms with Gasteiger partial charge in [-0.15, -0.1) is 0 Å². The van der Waals surface area contributed by atoms with Crippen molar-refractivity contribution < 1.29 is 9.15 Å². The third kappa shape index (κ3) is 5.11. The molecule has 1 aliphatic rings. The van der Waals surface area contributed by atoms with E-state index in [1.807, 2.05) is 43.3 Å². The Morgan fingerprint density at radius 2 is 2.15 bits per heavy atom. The molecule has 0 saturated carbocycles. The average Bonchev–Trinajstić information content (AvgIpc) is 3.17. The number of para-hydroxylation sites is 2. The first-order valence-corrected chi connectivity index (χ1v) is 9.62. The number of rotatable bonds is 7. The van der Waals surface area contributed by atoms with E-state index in [0.717, 1.165) is 36.6 Å². The highest BCUT2D eigenvalue weighted by atomic mass is 32.1. The van der Waals surface area contributed by atoms with Gasteiger partial charge in [-0.25, -0.2) is 0 Å². The van der Waals surface area contributed by atoms with Crippen LogP contribution in [0.5, 0.6) is 5.75 Å². The highest BCUT2D eigenvalue weighted by Crippen LogP contribution is 2.25. The van der Waals surface area contributed by atoms with Gasteiger partial charge in [-0.05, 0) is 68.6 Å². The number of thiocarbonyl (C=S) groups is 1. The Morgan fingerprint density at radius 1 is 1.27 bits per heavy atom. The molecule has 1 unspecified atom stereocenters. The summed E-state index contributed by atoms with van der Waals surface area (Å²) < 4.78 is 11.3. The van der Waals surface area contributed by atoms with E-state index in [1.54, 1.807) is 6.26 Å². The van der Waals surface area contributed by atoms with Gasteiger partial charge in [0.2, 0.25) is 0 Å². The Morgan fingerprint density at radius 3 is 2.88 bits per heavy atom. The fraction of sp³-hybridized carbons (Fsp3) is 0.381. The van der Waals surface area contributed by atoms with Gasteiger partial charge in [-0.2, -0.15) is 0 Å². The van der Waals surface area contributed by atoms with Crippen molar-refractivity contribution in [1.82, 2.24) is 4.90 Å². The summed E-state index contributed by atoms with van der Waals surface area (Å²) in [6, 6.07) is 11.8. The predicted octanol–water partition coefficient (Wildman–Crippen LogP) is 5.23. The maximum absolute atomic E-state index is 5.74. The maximum Gasteiger partial charge on any atom is 0.173 e. The summed E-state index contributed by atoms with van der Waals surface area (Å²) in [5.41, 5.74) is 0.896.